The molecule has 0 aliphatic heterocycles. The highest BCUT2D eigenvalue weighted by Crippen LogP contribution is 2.26. The summed E-state index contributed by atoms with van der Waals surface area (Å²) in [5.41, 5.74) is 9.38. The first-order valence-corrected chi connectivity index (χ1v) is 6.44. The number of nitrogens with one attached hydrogen (secondary N) is 1. The molecule has 0 bridgehead atoms. The number of halogens is 1. The van der Waals surface area contributed by atoms with Crippen LogP contribution in [-0.2, 0) is 13.6 Å². The van der Waals surface area contributed by atoms with Crippen molar-refractivity contribution in [3.05, 3.63) is 39.2 Å². The Kier molecular flexibility index (Phi) is 2.79. The summed E-state index contributed by atoms with van der Waals surface area (Å²) in [7, 11) is 1.67. The van der Waals surface area contributed by atoms with Crippen molar-refractivity contribution in [3.8, 4) is 11.3 Å². The van der Waals surface area contributed by atoms with E-state index in [9.17, 15) is 4.79 Å². The highest BCUT2D eigenvalue weighted by molar-refractivity contribution is 9.10. The Morgan fingerprint density at radius 2 is 2.32 bits per heavy atom. The lowest BCUT2D eigenvalue weighted by Crippen LogP contribution is -2.08. The second kappa shape index (κ2) is 4.36. The van der Waals surface area contributed by atoms with Crippen molar-refractivity contribution in [3.63, 3.8) is 0 Å². The summed E-state index contributed by atoms with van der Waals surface area (Å²) in [4.78, 5) is 18.8. The summed E-state index contributed by atoms with van der Waals surface area (Å²) in [6.07, 6.45) is 0. The largest absolute Gasteiger partial charge is 0.419 e. The molecule has 7 heteroatoms. The second-order valence-corrected chi connectivity index (χ2v) is 4.92. The lowest BCUT2D eigenvalue weighted by Gasteiger charge is -2.00. The zero-order valence-corrected chi connectivity index (χ0v) is 11.7. The summed E-state index contributed by atoms with van der Waals surface area (Å²) < 4.78 is 7.25. The summed E-state index contributed by atoms with van der Waals surface area (Å²) in [5, 5.41) is 0. The number of aromatic nitrogens is 3. The average molecular weight is 323 g/mol. The number of aryl methyl sites for hydroxylation is 1. The summed E-state index contributed by atoms with van der Waals surface area (Å²) in [6.45, 7) is 0.352. The number of benzene rings is 1. The van der Waals surface area contributed by atoms with Crippen molar-refractivity contribution in [1.82, 2.24) is 14.5 Å². The van der Waals surface area contributed by atoms with Gasteiger partial charge in [-0.25, -0.2) is 9.78 Å². The van der Waals surface area contributed by atoms with Crippen molar-refractivity contribution < 1.29 is 4.42 Å². The van der Waals surface area contributed by atoms with Crippen molar-refractivity contribution in [2.45, 2.75) is 6.54 Å². The van der Waals surface area contributed by atoms with E-state index in [4.69, 9.17) is 10.2 Å². The van der Waals surface area contributed by atoms with E-state index >= 15 is 0 Å². The van der Waals surface area contributed by atoms with Crippen LogP contribution in [0.4, 0.5) is 0 Å². The normalized spacial score (nSPS) is 11.3. The lowest BCUT2D eigenvalue weighted by atomic mass is 10.1. The van der Waals surface area contributed by atoms with Gasteiger partial charge in [0.1, 0.15) is 0 Å². The molecule has 6 nitrogen and oxygen atoms in total. The maximum absolute atomic E-state index is 11.5. The van der Waals surface area contributed by atoms with Crippen LogP contribution < -0.4 is 11.5 Å². The van der Waals surface area contributed by atoms with Crippen molar-refractivity contribution in [2.75, 3.05) is 0 Å². The molecule has 2 aromatic heterocycles. The molecule has 0 aliphatic carbocycles. The van der Waals surface area contributed by atoms with Gasteiger partial charge in [-0.15, -0.1) is 0 Å². The van der Waals surface area contributed by atoms with Gasteiger partial charge >= 0.3 is 5.76 Å². The van der Waals surface area contributed by atoms with Gasteiger partial charge in [-0.1, -0.05) is 6.07 Å². The molecule has 19 heavy (non-hydrogen) atoms. The predicted molar refractivity (Wildman–Crippen MR) is 74.6 cm³/mol. The van der Waals surface area contributed by atoms with Gasteiger partial charge in [0, 0.05) is 19.2 Å². The summed E-state index contributed by atoms with van der Waals surface area (Å²) in [6, 6.07) is 5.51. The fourth-order valence-electron chi connectivity index (χ4n) is 2.04. The fourth-order valence-corrected chi connectivity index (χ4v) is 2.46. The Labute approximate surface area is 116 Å². The van der Waals surface area contributed by atoms with E-state index in [1.807, 2.05) is 12.1 Å². The molecule has 0 spiro atoms. The van der Waals surface area contributed by atoms with Crippen LogP contribution in [-0.4, -0.2) is 14.5 Å². The maximum Gasteiger partial charge on any atom is 0.419 e. The van der Waals surface area contributed by atoms with Gasteiger partial charge in [0.25, 0.3) is 0 Å². The first-order chi connectivity index (χ1) is 9.10. The second-order valence-electron chi connectivity index (χ2n) is 4.17. The van der Waals surface area contributed by atoms with Crippen LogP contribution in [0.2, 0.25) is 0 Å². The van der Waals surface area contributed by atoms with E-state index in [0.717, 1.165) is 22.5 Å². The van der Waals surface area contributed by atoms with Gasteiger partial charge in [-0.2, -0.15) is 0 Å². The molecule has 0 fully saturated rings. The van der Waals surface area contributed by atoms with Gasteiger partial charge in [-0.3, -0.25) is 4.57 Å². The highest BCUT2D eigenvalue weighted by Gasteiger charge is 2.13. The molecule has 1 aromatic carbocycles. The molecule has 0 aliphatic rings. The number of hydrogen-bond donors (Lipinski definition) is 2. The van der Waals surface area contributed by atoms with Gasteiger partial charge in [0.2, 0.25) is 0 Å². The van der Waals surface area contributed by atoms with E-state index in [2.05, 4.69) is 25.9 Å². The molecule has 0 saturated heterocycles. The predicted octanol–water partition coefficient (Wildman–Crippen LogP) is 1.74. The van der Waals surface area contributed by atoms with Crippen LogP contribution in [0.3, 0.4) is 0 Å². The van der Waals surface area contributed by atoms with E-state index in [1.165, 1.54) is 4.57 Å². The van der Waals surface area contributed by atoms with Gasteiger partial charge in [0.05, 0.1) is 16.9 Å². The smallest absolute Gasteiger partial charge is 0.408 e. The number of imidazole rings is 1. The minimum atomic E-state index is -0.380. The first-order valence-electron chi connectivity index (χ1n) is 5.64. The number of aromatic amines is 1. The SMILES string of the molecule is Cn1c(=O)oc2cc(-c3nc(Br)[nH]c3CN)ccc21. The molecule has 2 heterocycles. The van der Waals surface area contributed by atoms with Crippen LogP contribution >= 0.6 is 15.9 Å². The highest BCUT2D eigenvalue weighted by atomic mass is 79.9. The minimum Gasteiger partial charge on any atom is -0.408 e. The molecule has 0 saturated carbocycles. The zero-order chi connectivity index (χ0) is 13.6. The Bertz CT molecular complexity index is 815. The van der Waals surface area contributed by atoms with Crippen molar-refractivity contribution in [2.24, 2.45) is 12.8 Å². The molecular formula is C12H11BrN4O2. The van der Waals surface area contributed by atoms with Crippen molar-refractivity contribution >= 4 is 27.0 Å². The average Bonchev–Trinajstić information content (AvgIpc) is 2.91. The molecule has 3 aromatic rings. The molecule has 0 unspecified atom stereocenters. The number of nitrogens with zero attached hydrogens (tertiary/aromatic N) is 2. The van der Waals surface area contributed by atoms with E-state index in [1.54, 1.807) is 13.1 Å². The molecular weight excluding hydrogens is 312 g/mol. The zero-order valence-electron chi connectivity index (χ0n) is 10.1. The van der Waals surface area contributed by atoms with E-state index in [0.29, 0.717) is 16.9 Å². The minimum absolute atomic E-state index is 0.352. The molecule has 0 atom stereocenters. The number of nitrogens with two attached hydrogens (primary N) is 1. The van der Waals surface area contributed by atoms with Gasteiger partial charge < -0.3 is 15.1 Å². The Hall–Kier alpha value is -1.86. The summed E-state index contributed by atoms with van der Waals surface area (Å²) >= 11 is 3.29. The monoisotopic (exact) mass is 322 g/mol. The van der Waals surface area contributed by atoms with Crippen LogP contribution in [0, 0.1) is 0 Å². The van der Waals surface area contributed by atoms with Crippen molar-refractivity contribution in [1.29, 1.82) is 0 Å². The Morgan fingerprint density at radius 1 is 1.53 bits per heavy atom. The van der Waals surface area contributed by atoms with Crippen LogP contribution in [0.5, 0.6) is 0 Å². The maximum atomic E-state index is 11.5. The Balaban J connectivity index is 2.23. The van der Waals surface area contributed by atoms with Crippen LogP contribution in [0.1, 0.15) is 5.69 Å². The number of hydrogen-bond acceptors (Lipinski definition) is 4. The standard InChI is InChI=1S/C12H11BrN4O2/c1-17-8-3-2-6(4-9(8)19-12(17)18)10-7(5-14)15-11(13)16-10/h2-4H,5,14H2,1H3,(H,15,16). The quantitative estimate of drug-likeness (QED) is 0.752. The van der Waals surface area contributed by atoms with Crippen LogP contribution in [0.25, 0.3) is 22.4 Å². The third-order valence-corrected chi connectivity index (χ3v) is 3.40. The third-order valence-electron chi connectivity index (χ3n) is 3.02. The van der Waals surface area contributed by atoms with E-state index < -0.39 is 0 Å². The van der Waals surface area contributed by atoms with Gasteiger partial charge in [0.15, 0.2) is 10.3 Å². The first kappa shape index (κ1) is 12.2. The van der Waals surface area contributed by atoms with Crippen LogP contribution in [0.15, 0.2) is 32.1 Å². The third kappa shape index (κ3) is 1.91. The summed E-state index contributed by atoms with van der Waals surface area (Å²) in [5.74, 6) is -0.380. The van der Waals surface area contributed by atoms with E-state index in [-0.39, 0.29) is 5.76 Å². The fraction of sp³-hybridized carbons (Fsp3) is 0.167. The molecule has 0 radical (unpaired) electrons. The lowest BCUT2D eigenvalue weighted by molar-refractivity contribution is 0.528. The number of rotatable bonds is 2. The Morgan fingerprint density at radius 3 is 3.05 bits per heavy atom. The molecule has 0 amide bonds. The topological polar surface area (TPSA) is 89.8 Å². The number of H-pyrrole nitrogens is 1. The molecule has 3 rings (SSSR count). The molecule has 3 N–H and O–H groups in total. The van der Waals surface area contributed by atoms with Gasteiger partial charge in [-0.05, 0) is 28.1 Å². The number of fused-ring (bicyclic) bond motifs is 1. The molecule has 98 valence electrons. The number of oxazole rings is 1.